The zero-order chi connectivity index (χ0) is 42.9. The summed E-state index contributed by atoms with van der Waals surface area (Å²) in [4.78, 5) is 74.6. The first-order chi connectivity index (χ1) is 27.5. The maximum Gasteiger partial charge on any atom is 0.328 e. The van der Waals surface area contributed by atoms with Gasteiger partial charge in [0.1, 0.15) is 12.1 Å². The lowest BCUT2D eigenvalue weighted by molar-refractivity contribution is -0.149. The first kappa shape index (κ1) is 46.9. The largest absolute Gasteiger partial charge is 0.467 e. The number of aryl methyl sites for hydroxylation is 1. The smallest absolute Gasteiger partial charge is 0.328 e. The Kier molecular flexibility index (Phi) is 17.0. The number of carbonyl (C=O) groups is 5. The highest BCUT2D eigenvalue weighted by Gasteiger charge is 2.45. The number of benzene rings is 1. The summed E-state index contributed by atoms with van der Waals surface area (Å²) in [7, 11) is 8.10. The summed E-state index contributed by atoms with van der Waals surface area (Å²) >= 11 is 0. The molecule has 0 aliphatic carbocycles. The number of esters is 1. The predicted molar refractivity (Wildman–Crippen MR) is 224 cm³/mol. The van der Waals surface area contributed by atoms with Crippen LogP contribution in [0.3, 0.4) is 0 Å². The molecule has 3 aliphatic heterocycles. The van der Waals surface area contributed by atoms with Gasteiger partial charge in [0.2, 0.25) is 23.6 Å². The van der Waals surface area contributed by atoms with Crippen molar-refractivity contribution in [3.63, 3.8) is 0 Å². The van der Waals surface area contributed by atoms with Crippen molar-refractivity contribution >= 4 is 35.3 Å². The van der Waals surface area contributed by atoms with Gasteiger partial charge in [-0.05, 0) is 88.1 Å². The third-order valence-electron chi connectivity index (χ3n) is 13.3. The zero-order valence-electron chi connectivity index (χ0n) is 37.0. The van der Waals surface area contributed by atoms with Crippen molar-refractivity contribution in [2.45, 2.75) is 141 Å². The quantitative estimate of drug-likeness (QED) is 0.176. The second kappa shape index (κ2) is 21.0. The number of nitrogens with zero attached hydrogens (tertiary/aromatic N) is 3. The molecule has 0 aromatic heterocycles. The maximum atomic E-state index is 14.3. The topological polar surface area (TPSA) is 159 Å². The fourth-order valence-corrected chi connectivity index (χ4v) is 9.25. The van der Waals surface area contributed by atoms with Crippen LogP contribution in [0.1, 0.15) is 97.6 Å². The molecule has 0 unspecified atom stereocenters. The van der Waals surface area contributed by atoms with Crippen molar-refractivity contribution in [2.24, 2.45) is 17.8 Å². The molecule has 9 atom stereocenters. The van der Waals surface area contributed by atoms with Gasteiger partial charge in [0.05, 0.1) is 49.3 Å². The molecule has 3 heterocycles. The van der Waals surface area contributed by atoms with Crippen LogP contribution in [0.2, 0.25) is 0 Å². The van der Waals surface area contributed by atoms with Crippen molar-refractivity contribution < 1.29 is 38.2 Å². The molecule has 1 aromatic carbocycles. The number of amides is 4. The molecule has 4 rings (SSSR count). The van der Waals surface area contributed by atoms with Gasteiger partial charge in [0, 0.05) is 46.5 Å². The van der Waals surface area contributed by atoms with Crippen molar-refractivity contribution in [2.75, 3.05) is 60.4 Å². The fourth-order valence-electron chi connectivity index (χ4n) is 9.25. The van der Waals surface area contributed by atoms with Crippen LogP contribution < -0.4 is 16.0 Å². The van der Waals surface area contributed by atoms with E-state index < -0.39 is 53.8 Å². The lowest BCUT2D eigenvalue weighted by atomic mass is 9.89. The molecule has 2 fully saturated rings. The van der Waals surface area contributed by atoms with E-state index in [0.29, 0.717) is 13.0 Å². The van der Waals surface area contributed by atoms with Crippen LogP contribution in [0.15, 0.2) is 18.2 Å². The monoisotopic (exact) mass is 813 g/mol. The van der Waals surface area contributed by atoms with E-state index in [1.54, 1.807) is 38.0 Å². The van der Waals surface area contributed by atoms with Gasteiger partial charge in [-0.3, -0.25) is 24.1 Å². The van der Waals surface area contributed by atoms with Crippen LogP contribution in [0.5, 0.6) is 0 Å². The van der Waals surface area contributed by atoms with Gasteiger partial charge in [-0.1, -0.05) is 53.2 Å². The average Bonchev–Trinajstić information content (AvgIpc) is 3.84. The summed E-state index contributed by atoms with van der Waals surface area (Å²) in [5, 5.41) is 9.42. The maximum absolute atomic E-state index is 14.3. The molecule has 0 bridgehead atoms. The van der Waals surface area contributed by atoms with E-state index in [9.17, 15) is 24.0 Å². The SMILES string of the molecule is CC[C@H](C)[C@@H]([C@@H](CC(=O)N1CCC[C@H]1[C@H](OC)[C@@H](C)C(=O)N[C@H](Cc1ccc2c(c1)CCCN2)C(=O)OC)OC)N(C)C(=O)[C@@H](NC(=O)[C@]1(C)CCCN1C)C(C)C. The van der Waals surface area contributed by atoms with Crippen LogP contribution in [-0.2, 0) is 51.0 Å². The van der Waals surface area contributed by atoms with Gasteiger partial charge in [-0.2, -0.15) is 0 Å². The van der Waals surface area contributed by atoms with Crippen LogP contribution in [-0.4, -0.2) is 141 Å². The van der Waals surface area contributed by atoms with Gasteiger partial charge >= 0.3 is 5.97 Å². The molecule has 326 valence electrons. The first-order valence-corrected chi connectivity index (χ1v) is 21.4. The first-order valence-electron chi connectivity index (χ1n) is 21.4. The Labute approximate surface area is 346 Å². The minimum absolute atomic E-state index is 0.0128. The molecule has 58 heavy (non-hydrogen) atoms. The summed E-state index contributed by atoms with van der Waals surface area (Å²) in [5.74, 6) is -2.34. The lowest BCUT2D eigenvalue weighted by Crippen LogP contribution is -2.61. The summed E-state index contributed by atoms with van der Waals surface area (Å²) in [6, 6.07) is 3.56. The number of hydrogen-bond donors (Lipinski definition) is 3. The van der Waals surface area contributed by atoms with Crippen molar-refractivity contribution in [3.8, 4) is 0 Å². The average molecular weight is 813 g/mol. The molecule has 14 heteroatoms. The number of likely N-dealkylation sites (N-methyl/N-ethyl adjacent to an activating group) is 2. The Bertz CT molecular complexity index is 1590. The number of ether oxygens (including phenoxy) is 3. The van der Waals surface area contributed by atoms with Crippen molar-refractivity contribution in [3.05, 3.63) is 29.3 Å². The molecule has 0 radical (unpaired) electrons. The number of fused-ring (bicyclic) bond motifs is 1. The number of likely N-dealkylation sites (tertiary alicyclic amines) is 2. The highest BCUT2D eigenvalue weighted by molar-refractivity contribution is 5.92. The minimum atomic E-state index is -0.899. The molecular formula is C44H72N6O8. The molecule has 2 saturated heterocycles. The molecule has 3 aliphatic rings. The van der Waals surface area contributed by atoms with E-state index in [4.69, 9.17) is 14.2 Å². The van der Waals surface area contributed by atoms with Crippen molar-refractivity contribution in [1.82, 2.24) is 25.3 Å². The number of methoxy groups -OCH3 is 3. The van der Waals surface area contributed by atoms with Crippen LogP contribution in [0.4, 0.5) is 5.69 Å². The Morgan fingerprint density at radius 3 is 2.33 bits per heavy atom. The molecule has 1 aromatic rings. The zero-order valence-corrected chi connectivity index (χ0v) is 37.0. The van der Waals surface area contributed by atoms with Crippen LogP contribution in [0, 0.1) is 17.8 Å². The molecule has 3 N–H and O–H groups in total. The molecule has 14 nitrogen and oxygen atoms in total. The summed E-state index contributed by atoms with van der Waals surface area (Å²) < 4.78 is 17.1. The Balaban J connectivity index is 1.47. The van der Waals surface area contributed by atoms with Crippen LogP contribution >= 0.6 is 0 Å². The number of rotatable bonds is 19. The number of hydrogen-bond acceptors (Lipinski definition) is 10. The summed E-state index contributed by atoms with van der Waals surface area (Å²) in [6.07, 6.45) is 4.73. The van der Waals surface area contributed by atoms with E-state index in [2.05, 4.69) is 22.0 Å². The Morgan fingerprint density at radius 2 is 1.72 bits per heavy atom. The highest BCUT2D eigenvalue weighted by atomic mass is 16.5. The second-order valence-corrected chi connectivity index (χ2v) is 17.4. The Hall–Kier alpha value is -3.75. The highest BCUT2D eigenvalue weighted by Crippen LogP contribution is 2.31. The van der Waals surface area contributed by atoms with Gasteiger partial charge in [0.25, 0.3) is 0 Å². The summed E-state index contributed by atoms with van der Waals surface area (Å²) in [5.41, 5.74) is 2.52. The van der Waals surface area contributed by atoms with E-state index >= 15 is 0 Å². The standard InChI is InChI=1S/C44H72N6O8/c1-12-28(4)38(49(8)41(53)37(27(2)3)47-43(55)44(6)20-15-22-48(44)7)35(56-9)26-36(51)50-23-14-17-34(50)39(57-10)29(5)40(52)46-33(42(54)58-11)25-30-18-19-32-31(24-30)16-13-21-45-32/h18-19,24,27-29,33-35,37-39,45H,12-17,20-23,25-26H2,1-11H3,(H,46,52)(H,47,55)/t28-,29+,33+,34-,35+,37-,38-,39+,44-/m0/s1. The van der Waals surface area contributed by atoms with Gasteiger partial charge in [-0.25, -0.2) is 4.79 Å². The molecule has 4 amide bonds. The van der Waals surface area contributed by atoms with E-state index in [1.165, 1.54) is 12.7 Å². The van der Waals surface area contributed by atoms with E-state index in [-0.39, 0.29) is 48.3 Å². The third kappa shape index (κ3) is 10.7. The van der Waals surface area contributed by atoms with Crippen molar-refractivity contribution in [1.29, 1.82) is 0 Å². The number of anilines is 1. The van der Waals surface area contributed by atoms with Crippen LogP contribution in [0.25, 0.3) is 0 Å². The van der Waals surface area contributed by atoms with E-state index in [0.717, 1.165) is 62.9 Å². The fraction of sp³-hybridized carbons (Fsp3) is 0.750. The molecular weight excluding hydrogens is 741 g/mol. The van der Waals surface area contributed by atoms with Gasteiger partial charge in [-0.15, -0.1) is 0 Å². The van der Waals surface area contributed by atoms with Gasteiger partial charge < -0.3 is 40.0 Å². The molecule has 0 spiro atoms. The van der Waals surface area contributed by atoms with E-state index in [1.807, 2.05) is 58.7 Å². The predicted octanol–water partition coefficient (Wildman–Crippen LogP) is 3.79. The normalized spacial score (nSPS) is 23.1. The molecule has 0 saturated carbocycles. The van der Waals surface area contributed by atoms with Gasteiger partial charge in [0.15, 0.2) is 0 Å². The third-order valence-corrected chi connectivity index (χ3v) is 13.3. The number of nitrogens with one attached hydrogen (secondary N) is 3. The number of carbonyl (C=O) groups excluding carboxylic acids is 5. The lowest BCUT2D eigenvalue weighted by Gasteiger charge is -2.41. The second-order valence-electron chi connectivity index (χ2n) is 17.4. The summed E-state index contributed by atoms with van der Waals surface area (Å²) in [6.45, 7) is 13.9. The minimum Gasteiger partial charge on any atom is -0.467 e. The Morgan fingerprint density at radius 1 is 1.00 bits per heavy atom.